The molecule has 36 heavy (non-hydrogen) atoms. The minimum atomic E-state index is -1.67. The number of benzene rings is 1. The largest absolute Gasteiger partial charge is 0.490 e. The molecule has 1 unspecified atom stereocenters. The highest BCUT2D eigenvalue weighted by Crippen LogP contribution is 2.34. The molecule has 0 saturated carbocycles. The van der Waals surface area contributed by atoms with Gasteiger partial charge in [0.1, 0.15) is 16.9 Å². The minimum Gasteiger partial charge on any atom is -0.490 e. The van der Waals surface area contributed by atoms with E-state index in [2.05, 4.69) is 20.9 Å². The Labute approximate surface area is 216 Å². The standard InChI is InChI=1S/C26H30BrFN2O6/c1-4-6-11-36-23-19(25(33)35-5-2)24(32)30(14-26(3,34)15-31)22-20(27)17(13-29-21(22)23)12-16-7-9-18(28)10-8-16/h7-10,13,31,34H,4-6,11-12,14-15H2,1-3H3. The lowest BCUT2D eigenvalue weighted by Crippen LogP contribution is -2.40. The number of halogens is 2. The Kier molecular flexibility index (Phi) is 9.21. The van der Waals surface area contributed by atoms with Crippen LogP contribution >= 0.6 is 15.9 Å². The fraction of sp³-hybridized carbons (Fsp3) is 0.423. The molecule has 0 aliphatic carbocycles. The molecular formula is C26H30BrFN2O6. The summed E-state index contributed by atoms with van der Waals surface area (Å²) in [6, 6.07) is 6.02. The quantitative estimate of drug-likeness (QED) is 0.267. The van der Waals surface area contributed by atoms with Crippen molar-refractivity contribution in [2.75, 3.05) is 19.8 Å². The Balaban J connectivity index is 2.33. The Morgan fingerprint density at radius 3 is 2.56 bits per heavy atom. The lowest BCUT2D eigenvalue weighted by atomic mass is 10.0. The van der Waals surface area contributed by atoms with Crippen LogP contribution in [0.15, 0.2) is 39.7 Å². The second-order valence-corrected chi connectivity index (χ2v) is 9.56. The fourth-order valence-corrected chi connectivity index (χ4v) is 4.35. The van der Waals surface area contributed by atoms with Gasteiger partial charge in [-0.15, -0.1) is 0 Å². The monoisotopic (exact) mass is 564 g/mol. The van der Waals surface area contributed by atoms with E-state index in [1.807, 2.05) is 6.92 Å². The van der Waals surface area contributed by atoms with E-state index in [9.17, 15) is 24.2 Å². The van der Waals surface area contributed by atoms with Gasteiger partial charge in [0.25, 0.3) is 5.56 Å². The minimum absolute atomic E-state index is 0.0100. The molecule has 194 valence electrons. The molecule has 1 atom stereocenters. The number of carbonyl (C=O) groups excluding carboxylic acids is 1. The first-order chi connectivity index (χ1) is 17.1. The molecule has 0 amide bonds. The van der Waals surface area contributed by atoms with E-state index >= 15 is 0 Å². The summed E-state index contributed by atoms with van der Waals surface area (Å²) in [6.45, 7) is 4.36. The predicted octanol–water partition coefficient (Wildman–Crippen LogP) is 3.99. The summed E-state index contributed by atoms with van der Waals surface area (Å²) in [5.74, 6) is -1.20. The average molecular weight is 565 g/mol. The van der Waals surface area contributed by atoms with Crippen molar-refractivity contribution in [1.29, 1.82) is 0 Å². The summed E-state index contributed by atoms with van der Waals surface area (Å²) >= 11 is 3.59. The van der Waals surface area contributed by atoms with Gasteiger partial charge in [-0.05, 0) is 59.5 Å². The van der Waals surface area contributed by atoms with Gasteiger partial charge < -0.3 is 24.3 Å². The van der Waals surface area contributed by atoms with E-state index in [4.69, 9.17) is 9.47 Å². The van der Waals surface area contributed by atoms with Gasteiger partial charge in [0.2, 0.25) is 0 Å². The van der Waals surface area contributed by atoms with Gasteiger partial charge in [0.15, 0.2) is 11.3 Å². The van der Waals surface area contributed by atoms with E-state index < -0.39 is 23.7 Å². The molecule has 3 rings (SSSR count). The van der Waals surface area contributed by atoms with Crippen LogP contribution in [0.2, 0.25) is 0 Å². The Morgan fingerprint density at radius 1 is 1.25 bits per heavy atom. The van der Waals surface area contributed by atoms with Gasteiger partial charge >= 0.3 is 5.97 Å². The Bertz CT molecular complexity index is 1290. The number of rotatable bonds is 11. The number of aromatic nitrogens is 2. The number of unbranched alkanes of at least 4 members (excludes halogenated alkanes) is 1. The molecule has 3 aromatic rings. The fourth-order valence-electron chi connectivity index (χ4n) is 3.71. The average Bonchev–Trinajstić information content (AvgIpc) is 2.84. The summed E-state index contributed by atoms with van der Waals surface area (Å²) in [7, 11) is 0. The van der Waals surface area contributed by atoms with Crippen molar-refractivity contribution in [2.45, 2.75) is 52.2 Å². The maximum atomic E-state index is 13.7. The van der Waals surface area contributed by atoms with Crippen molar-refractivity contribution in [2.24, 2.45) is 0 Å². The molecular weight excluding hydrogens is 535 g/mol. The summed E-state index contributed by atoms with van der Waals surface area (Å²) in [5.41, 5.74) is -0.682. The van der Waals surface area contributed by atoms with Gasteiger partial charge in [0, 0.05) is 17.1 Å². The topological polar surface area (TPSA) is 111 Å². The highest BCUT2D eigenvalue weighted by Gasteiger charge is 2.30. The van der Waals surface area contributed by atoms with Gasteiger partial charge in [-0.1, -0.05) is 25.5 Å². The zero-order valence-corrected chi connectivity index (χ0v) is 22.1. The molecule has 0 spiro atoms. The number of pyridine rings is 2. The maximum Gasteiger partial charge on any atom is 0.347 e. The third-order valence-corrected chi connectivity index (χ3v) is 6.49. The number of nitrogens with zero attached hydrogens (tertiary/aromatic N) is 2. The summed E-state index contributed by atoms with van der Waals surface area (Å²) in [5, 5.41) is 20.3. The van der Waals surface area contributed by atoms with Crippen LogP contribution in [0.3, 0.4) is 0 Å². The van der Waals surface area contributed by atoms with E-state index in [0.717, 1.165) is 12.0 Å². The Morgan fingerprint density at radius 2 is 1.94 bits per heavy atom. The van der Waals surface area contributed by atoms with Crippen LogP contribution in [0.5, 0.6) is 5.75 Å². The maximum absolute atomic E-state index is 13.7. The summed E-state index contributed by atoms with van der Waals surface area (Å²) in [4.78, 5) is 31.1. The van der Waals surface area contributed by atoms with Crippen molar-refractivity contribution in [3.63, 3.8) is 0 Å². The number of fused-ring (bicyclic) bond motifs is 1. The van der Waals surface area contributed by atoms with Crippen molar-refractivity contribution in [3.8, 4) is 5.75 Å². The zero-order chi connectivity index (χ0) is 26.5. The molecule has 0 fully saturated rings. The lowest BCUT2D eigenvalue weighted by Gasteiger charge is -2.25. The third kappa shape index (κ3) is 6.11. The van der Waals surface area contributed by atoms with Crippen LogP contribution in [0.25, 0.3) is 11.0 Å². The third-order valence-electron chi connectivity index (χ3n) is 5.61. The molecule has 0 bridgehead atoms. The van der Waals surface area contributed by atoms with Gasteiger partial charge in [-0.2, -0.15) is 0 Å². The smallest absolute Gasteiger partial charge is 0.347 e. The number of carbonyl (C=O) groups is 1. The van der Waals surface area contributed by atoms with Crippen LogP contribution in [-0.2, 0) is 17.7 Å². The molecule has 2 heterocycles. The summed E-state index contributed by atoms with van der Waals surface area (Å²) in [6.07, 6.45) is 3.49. The molecule has 0 saturated heterocycles. The first-order valence-corrected chi connectivity index (χ1v) is 12.5. The molecule has 0 aliphatic rings. The second kappa shape index (κ2) is 11.9. The highest BCUT2D eigenvalue weighted by atomic mass is 79.9. The summed E-state index contributed by atoms with van der Waals surface area (Å²) < 4.78 is 26.1. The number of esters is 1. The number of ether oxygens (including phenoxy) is 2. The van der Waals surface area contributed by atoms with Crippen molar-refractivity contribution in [3.05, 3.63) is 67.8 Å². The molecule has 2 aromatic heterocycles. The Hall–Kier alpha value is -2.82. The lowest BCUT2D eigenvalue weighted by molar-refractivity contribution is -0.0119. The van der Waals surface area contributed by atoms with Crippen LogP contribution < -0.4 is 10.3 Å². The van der Waals surface area contributed by atoms with Gasteiger partial charge in [-0.25, -0.2) is 9.18 Å². The predicted molar refractivity (Wildman–Crippen MR) is 137 cm³/mol. The zero-order valence-electron chi connectivity index (χ0n) is 20.5. The van der Waals surface area contributed by atoms with Gasteiger partial charge in [-0.3, -0.25) is 9.78 Å². The van der Waals surface area contributed by atoms with Crippen LogP contribution in [0, 0.1) is 5.82 Å². The van der Waals surface area contributed by atoms with Crippen molar-refractivity contribution >= 4 is 32.9 Å². The van der Waals surface area contributed by atoms with Crippen molar-refractivity contribution < 1.29 is 28.9 Å². The molecule has 1 aromatic carbocycles. The highest BCUT2D eigenvalue weighted by molar-refractivity contribution is 9.10. The number of hydrogen-bond donors (Lipinski definition) is 2. The number of hydrogen-bond acceptors (Lipinski definition) is 7. The molecule has 0 radical (unpaired) electrons. The van der Waals surface area contributed by atoms with Gasteiger partial charge in [0.05, 0.1) is 31.9 Å². The van der Waals surface area contributed by atoms with E-state index in [0.29, 0.717) is 28.4 Å². The first-order valence-electron chi connectivity index (χ1n) is 11.7. The normalized spacial score (nSPS) is 13.0. The molecule has 2 N–H and O–H groups in total. The number of aliphatic hydroxyl groups is 2. The molecule has 8 nitrogen and oxygen atoms in total. The van der Waals surface area contributed by atoms with Crippen LogP contribution in [0.1, 0.15) is 55.1 Å². The number of aliphatic hydroxyl groups excluding tert-OH is 1. The van der Waals surface area contributed by atoms with E-state index in [1.165, 1.54) is 23.6 Å². The van der Waals surface area contributed by atoms with E-state index in [1.54, 1.807) is 25.3 Å². The van der Waals surface area contributed by atoms with E-state index in [-0.39, 0.29) is 42.4 Å². The molecule has 0 aliphatic heterocycles. The second-order valence-electron chi connectivity index (χ2n) is 8.77. The molecule has 10 heteroatoms. The van der Waals surface area contributed by atoms with Crippen LogP contribution in [0.4, 0.5) is 4.39 Å². The van der Waals surface area contributed by atoms with Crippen LogP contribution in [-0.4, -0.2) is 51.2 Å². The SMILES string of the molecule is CCCCOc1c(C(=O)OCC)c(=O)n(CC(C)(O)CO)c2c(Br)c(Cc3ccc(F)cc3)cnc12. The first kappa shape index (κ1) is 27.8. The van der Waals surface area contributed by atoms with Crippen molar-refractivity contribution in [1.82, 2.24) is 9.55 Å².